The molecule has 5 nitrogen and oxygen atoms in total. The Morgan fingerprint density at radius 3 is 2.58 bits per heavy atom. The third-order valence-corrected chi connectivity index (χ3v) is 4.63. The quantitative estimate of drug-likeness (QED) is 0.873. The zero-order valence-corrected chi connectivity index (χ0v) is 13.2. The van der Waals surface area contributed by atoms with Crippen molar-refractivity contribution in [2.24, 2.45) is 11.8 Å². The van der Waals surface area contributed by atoms with Gasteiger partial charge in [0.2, 0.25) is 5.88 Å². The van der Waals surface area contributed by atoms with Gasteiger partial charge in [-0.25, -0.2) is 14.2 Å². The number of nitrogens with zero attached hydrogens (tertiary/aromatic N) is 1. The van der Waals surface area contributed by atoms with Crippen LogP contribution in [0.4, 0.5) is 4.39 Å². The fraction of sp³-hybridized carbons (Fsp3) is 0.333. The fourth-order valence-electron chi connectivity index (χ4n) is 3.25. The van der Waals surface area contributed by atoms with E-state index in [1.54, 1.807) is 24.3 Å². The molecule has 0 radical (unpaired) electrons. The number of rotatable bonds is 4. The summed E-state index contributed by atoms with van der Waals surface area (Å²) in [6.45, 7) is 1.91. The highest BCUT2D eigenvalue weighted by Crippen LogP contribution is 2.44. The molecule has 0 bridgehead atoms. The van der Waals surface area contributed by atoms with Gasteiger partial charge < -0.3 is 14.8 Å². The maximum absolute atomic E-state index is 13.1. The van der Waals surface area contributed by atoms with E-state index in [2.05, 4.69) is 10.3 Å². The molecule has 2 heterocycles. The number of piperidine rings is 1. The number of fused-ring (bicyclic) bond motifs is 1. The molecule has 24 heavy (non-hydrogen) atoms. The average Bonchev–Trinajstić information content (AvgIpc) is 3.03. The highest BCUT2D eigenvalue weighted by atomic mass is 19.1. The Labute approximate surface area is 138 Å². The van der Waals surface area contributed by atoms with Crippen molar-refractivity contribution in [1.82, 2.24) is 10.3 Å². The van der Waals surface area contributed by atoms with Crippen molar-refractivity contribution in [3.05, 3.63) is 47.8 Å². The zero-order valence-electron chi connectivity index (χ0n) is 13.2. The second-order valence-corrected chi connectivity index (χ2v) is 6.15. The number of hydrogen-bond acceptors (Lipinski definition) is 5. The van der Waals surface area contributed by atoms with Gasteiger partial charge in [0, 0.05) is 36.6 Å². The number of ether oxygens (including phenoxy) is 2. The van der Waals surface area contributed by atoms with Gasteiger partial charge in [-0.05, 0) is 30.3 Å². The van der Waals surface area contributed by atoms with Crippen LogP contribution >= 0.6 is 0 Å². The van der Waals surface area contributed by atoms with Gasteiger partial charge in [0.05, 0.1) is 18.4 Å². The van der Waals surface area contributed by atoms with E-state index >= 15 is 0 Å². The van der Waals surface area contributed by atoms with Crippen LogP contribution in [0.5, 0.6) is 5.88 Å². The molecule has 0 amide bonds. The molecule has 1 saturated heterocycles. The summed E-state index contributed by atoms with van der Waals surface area (Å²) in [7, 11) is 1.33. The van der Waals surface area contributed by atoms with Crippen LogP contribution < -0.4 is 10.1 Å². The number of pyridine rings is 1. The van der Waals surface area contributed by atoms with Gasteiger partial charge in [0.25, 0.3) is 0 Å². The number of carbonyl (C=O) groups excluding carboxylic acids is 1. The van der Waals surface area contributed by atoms with Gasteiger partial charge in [0.1, 0.15) is 11.9 Å². The normalized spacial score (nSPS) is 24.3. The van der Waals surface area contributed by atoms with Crippen LogP contribution in [-0.4, -0.2) is 37.3 Å². The SMILES string of the molecule is COC(=O)c1cc(OC2[C@H]3CNC[C@@H]23)nc(-c2ccc(F)cc2)c1. The summed E-state index contributed by atoms with van der Waals surface area (Å²) >= 11 is 0. The molecule has 2 aliphatic rings. The first-order valence-corrected chi connectivity index (χ1v) is 7.89. The Bertz CT molecular complexity index is 768. The molecule has 4 rings (SSSR count). The Morgan fingerprint density at radius 1 is 1.21 bits per heavy atom. The van der Waals surface area contributed by atoms with E-state index in [0.29, 0.717) is 34.5 Å². The first-order valence-electron chi connectivity index (χ1n) is 7.89. The van der Waals surface area contributed by atoms with E-state index in [4.69, 9.17) is 9.47 Å². The lowest BCUT2D eigenvalue weighted by Crippen LogP contribution is -2.20. The van der Waals surface area contributed by atoms with Crippen LogP contribution in [0.3, 0.4) is 0 Å². The van der Waals surface area contributed by atoms with Crippen molar-refractivity contribution in [1.29, 1.82) is 0 Å². The van der Waals surface area contributed by atoms with Crippen molar-refractivity contribution in [3.8, 4) is 17.1 Å². The van der Waals surface area contributed by atoms with Crippen molar-refractivity contribution in [2.75, 3.05) is 20.2 Å². The number of methoxy groups -OCH3 is 1. The van der Waals surface area contributed by atoms with Crippen LogP contribution in [0.1, 0.15) is 10.4 Å². The summed E-state index contributed by atoms with van der Waals surface area (Å²) in [5.41, 5.74) is 1.63. The second-order valence-electron chi connectivity index (χ2n) is 6.15. The van der Waals surface area contributed by atoms with Crippen molar-refractivity contribution in [3.63, 3.8) is 0 Å². The molecule has 0 spiro atoms. The predicted octanol–water partition coefficient (Wildman–Crippen LogP) is 2.27. The molecular formula is C18H17FN2O3. The maximum Gasteiger partial charge on any atom is 0.338 e. The Balaban J connectivity index is 1.66. The smallest absolute Gasteiger partial charge is 0.338 e. The maximum atomic E-state index is 13.1. The first-order chi connectivity index (χ1) is 11.7. The molecule has 1 unspecified atom stereocenters. The van der Waals surface area contributed by atoms with E-state index in [9.17, 15) is 9.18 Å². The summed E-state index contributed by atoms with van der Waals surface area (Å²) in [5, 5.41) is 3.31. The number of aromatic nitrogens is 1. The molecule has 1 aliphatic carbocycles. The van der Waals surface area contributed by atoms with Gasteiger partial charge >= 0.3 is 5.97 Å². The zero-order chi connectivity index (χ0) is 16.7. The minimum Gasteiger partial charge on any atom is -0.474 e. The Hall–Kier alpha value is -2.47. The minimum absolute atomic E-state index is 0.146. The molecule has 124 valence electrons. The lowest BCUT2D eigenvalue weighted by Gasteiger charge is -2.11. The largest absolute Gasteiger partial charge is 0.474 e. The summed E-state index contributed by atoms with van der Waals surface area (Å²) in [6.07, 6.45) is 0.146. The van der Waals surface area contributed by atoms with Crippen LogP contribution in [0.2, 0.25) is 0 Å². The number of carbonyl (C=O) groups is 1. The summed E-state index contributed by atoms with van der Waals surface area (Å²) in [4.78, 5) is 16.4. The monoisotopic (exact) mass is 328 g/mol. The highest BCUT2D eigenvalue weighted by Gasteiger charge is 2.55. The Kier molecular flexibility index (Phi) is 3.69. The molecule has 1 aromatic carbocycles. The molecule has 2 fully saturated rings. The summed E-state index contributed by atoms with van der Waals surface area (Å²) in [5.74, 6) is 0.656. The van der Waals surface area contributed by atoms with Crippen LogP contribution in [0, 0.1) is 17.7 Å². The second kappa shape index (κ2) is 5.87. The number of nitrogens with one attached hydrogen (secondary N) is 1. The number of halogens is 1. The lowest BCUT2D eigenvalue weighted by molar-refractivity contribution is 0.0600. The Morgan fingerprint density at radius 2 is 1.92 bits per heavy atom. The van der Waals surface area contributed by atoms with E-state index in [-0.39, 0.29) is 11.9 Å². The minimum atomic E-state index is -0.455. The van der Waals surface area contributed by atoms with Crippen molar-refractivity contribution in [2.45, 2.75) is 6.10 Å². The molecule has 1 aliphatic heterocycles. The molecule has 1 N–H and O–H groups in total. The third-order valence-electron chi connectivity index (χ3n) is 4.63. The third kappa shape index (κ3) is 2.73. The van der Waals surface area contributed by atoms with Crippen molar-refractivity contribution < 1.29 is 18.7 Å². The summed E-state index contributed by atoms with van der Waals surface area (Å²) in [6, 6.07) is 9.19. The average molecular weight is 328 g/mol. The van der Waals surface area contributed by atoms with E-state index in [1.165, 1.54) is 19.2 Å². The topological polar surface area (TPSA) is 60.5 Å². The standard InChI is InChI=1S/C18H17FN2O3/c1-23-18(22)11-6-15(10-2-4-12(19)5-3-10)21-16(7-11)24-17-13-8-20-9-14(13)17/h2-7,13-14,17,20H,8-9H2,1H3/t13-,14+,17?. The van der Waals surface area contributed by atoms with E-state index in [1.807, 2.05) is 0 Å². The molecule has 6 heteroatoms. The van der Waals surface area contributed by atoms with Gasteiger partial charge in [0.15, 0.2) is 0 Å². The van der Waals surface area contributed by atoms with Gasteiger partial charge in [-0.15, -0.1) is 0 Å². The molecule has 1 saturated carbocycles. The van der Waals surface area contributed by atoms with Gasteiger partial charge in [-0.2, -0.15) is 0 Å². The van der Waals surface area contributed by atoms with E-state index < -0.39 is 5.97 Å². The fourth-order valence-corrected chi connectivity index (χ4v) is 3.25. The molecule has 3 atom stereocenters. The van der Waals surface area contributed by atoms with E-state index in [0.717, 1.165) is 13.1 Å². The van der Waals surface area contributed by atoms with Crippen LogP contribution in [0.25, 0.3) is 11.3 Å². The number of benzene rings is 1. The lowest BCUT2D eigenvalue weighted by atomic mass is 10.1. The van der Waals surface area contributed by atoms with Gasteiger partial charge in [-0.1, -0.05) is 0 Å². The van der Waals surface area contributed by atoms with Crippen molar-refractivity contribution >= 4 is 5.97 Å². The number of hydrogen-bond donors (Lipinski definition) is 1. The molecular weight excluding hydrogens is 311 g/mol. The van der Waals surface area contributed by atoms with Crippen LogP contribution in [-0.2, 0) is 4.74 Å². The highest BCUT2D eigenvalue weighted by molar-refractivity contribution is 5.91. The molecule has 2 aromatic rings. The molecule has 1 aromatic heterocycles. The summed E-state index contributed by atoms with van der Waals surface area (Å²) < 4.78 is 23.9. The first kappa shape index (κ1) is 15.1. The van der Waals surface area contributed by atoms with Crippen LogP contribution in [0.15, 0.2) is 36.4 Å². The number of esters is 1. The predicted molar refractivity (Wildman–Crippen MR) is 85.2 cm³/mol. The van der Waals surface area contributed by atoms with Gasteiger partial charge in [-0.3, -0.25) is 0 Å².